The van der Waals surface area contributed by atoms with E-state index in [0.29, 0.717) is 22.5 Å². The van der Waals surface area contributed by atoms with E-state index < -0.39 is 21.7 Å². The third-order valence-corrected chi connectivity index (χ3v) is 3.49. The third kappa shape index (κ3) is 4.29. The van der Waals surface area contributed by atoms with Crippen LogP contribution in [-0.4, -0.2) is 20.6 Å². The van der Waals surface area contributed by atoms with Crippen LogP contribution in [0.4, 0.5) is 15.8 Å². The van der Waals surface area contributed by atoms with E-state index in [4.69, 9.17) is 0 Å². The number of carbonyl (C=O) groups excluding carboxylic acids is 1. The summed E-state index contributed by atoms with van der Waals surface area (Å²) in [6.45, 7) is 1.73. The Bertz CT molecular complexity index is 802. The maximum atomic E-state index is 12.8. The fourth-order valence-electron chi connectivity index (χ4n) is 1.81. The zero-order valence-corrected chi connectivity index (χ0v) is 12.9. The van der Waals surface area contributed by atoms with Gasteiger partial charge in [-0.15, -0.1) is 0 Å². The van der Waals surface area contributed by atoms with Crippen LogP contribution in [0.25, 0.3) is 0 Å². The van der Waals surface area contributed by atoms with Crippen LogP contribution >= 0.6 is 0 Å². The van der Waals surface area contributed by atoms with E-state index in [0.717, 1.165) is 6.26 Å². The van der Waals surface area contributed by atoms with E-state index >= 15 is 0 Å². The Balaban J connectivity index is 2.23. The molecule has 0 aromatic heterocycles. The molecule has 7 heteroatoms. The number of anilines is 2. The molecule has 0 aliphatic heterocycles. The van der Waals surface area contributed by atoms with Crippen molar-refractivity contribution in [2.75, 3.05) is 16.3 Å². The maximum Gasteiger partial charge on any atom is 0.255 e. The van der Waals surface area contributed by atoms with Crippen LogP contribution in [0.3, 0.4) is 0 Å². The minimum absolute atomic E-state index is 0.293. The molecule has 0 atom stereocenters. The van der Waals surface area contributed by atoms with Gasteiger partial charge in [-0.05, 0) is 48.9 Å². The Morgan fingerprint density at radius 2 is 1.73 bits per heavy atom. The van der Waals surface area contributed by atoms with Crippen LogP contribution < -0.4 is 10.0 Å². The molecule has 0 spiro atoms. The summed E-state index contributed by atoms with van der Waals surface area (Å²) in [6.07, 6.45) is 1.04. The van der Waals surface area contributed by atoms with Crippen LogP contribution in [0.1, 0.15) is 15.9 Å². The van der Waals surface area contributed by atoms with E-state index in [1.54, 1.807) is 19.1 Å². The number of amides is 1. The highest BCUT2D eigenvalue weighted by atomic mass is 32.2. The lowest BCUT2D eigenvalue weighted by atomic mass is 10.1. The Morgan fingerprint density at radius 1 is 1.09 bits per heavy atom. The lowest BCUT2D eigenvalue weighted by Gasteiger charge is -2.10. The van der Waals surface area contributed by atoms with Crippen molar-refractivity contribution >= 4 is 27.3 Å². The number of benzene rings is 2. The van der Waals surface area contributed by atoms with Crippen LogP contribution in [0, 0.1) is 12.7 Å². The monoisotopic (exact) mass is 322 g/mol. The van der Waals surface area contributed by atoms with Gasteiger partial charge in [-0.3, -0.25) is 9.52 Å². The highest BCUT2D eigenvalue weighted by Crippen LogP contribution is 2.19. The zero-order valence-electron chi connectivity index (χ0n) is 12.1. The van der Waals surface area contributed by atoms with Gasteiger partial charge >= 0.3 is 0 Å². The minimum Gasteiger partial charge on any atom is -0.322 e. The van der Waals surface area contributed by atoms with Gasteiger partial charge in [0.25, 0.3) is 5.91 Å². The van der Waals surface area contributed by atoms with Gasteiger partial charge in [0.2, 0.25) is 10.0 Å². The lowest BCUT2D eigenvalue weighted by molar-refractivity contribution is 0.102. The highest BCUT2D eigenvalue weighted by molar-refractivity contribution is 7.92. The van der Waals surface area contributed by atoms with Crippen molar-refractivity contribution in [1.82, 2.24) is 0 Å². The first kappa shape index (κ1) is 16.0. The molecule has 2 aromatic carbocycles. The van der Waals surface area contributed by atoms with Gasteiger partial charge in [0.05, 0.1) is 11.9 Å². The van der Waals surface area contributed by atoms with Crippen molar-refractivity contribution in [2.24, 2.45) is 0 Å². The molecule has 2 N–H and O–H groups in total. The average Bonchev–Trinajstić information content (AvgIpc) is 2.42. The van der Waals surface area contributed by atoms with Gasteiger partial charge in [0.15, 0.2) is 0 Å². The van der Waals surface area contributed by atoms with Gasteiger partial charge in [0.1, 0.15) is 5.82 Å². The Hall–Kier alpha value is -2.41. The van der Waals surface area contributed by atoms with Crippen molar-refractivity contribution in [3.63, 3.8) is 0 Å². The van der Waals surface area contributed by atoms with E-state index in [1.165, 1.54) is 30.3 Å². The van der Waals surface area contributed by atoms with Gasteiger partial charge in [-0.25, -0.2) is 12.8 Å². The molecule has 0 aliphatic carbocycles. The number of sulfonamides is 1. The van der Waals surface area contributed by atoms with Crippen LogP contribution in [-0.2, 0) is 10.0 Å². The van der Waals surface area contributed by atoms with Crippen LogP contribution in [0.2, 0.25) is 0 Å². The highest BCUT2D eigenvalue weighted by Gasteiger charge is 2.11. The molecule has 0 saturated carbocycles. The summed E-state index contributed by atoms with van der Waals surface area (Å²) in [7, 11) is -3.43. The predicted molar refractivity (Wildman–Crippen MR) is 84.0 cm³/mol. The maximum absolute atomic E-state index is 12.8. The smallest absolute Gasteiger partial charge is 0.255 e. The number of nitrogens with one attached hydrogen (secondary N) is 2. The van der Waals surface area contributed by atoms with Crippen molar-refractivity contribution in [2.45, 2.75) is 6.92 Å². The normalized spacial score (nSPS) is 11.0. The molecule has 0 aliphatic rings. The summed E-state index contributed by atoms with van der Waals surface area (Å²) in [6, 6.07) is 10.0. The van der Waals surface area contributed by atoms with Gasteiger partial charge in [-0.1, -0.05) is 6.07 Å². The number of halogens is 1. The summed E-state index contributed by atoms with van der Waals surface area (Å²) >= 11 is 0. The summed E-state index contributed by atoms with van der Waals surface area (Å²) in [5.41, 5.74) is 1.78. The van der Waals surface area contributed by atoms with Crippen LogP contribution in [0.15, 0.2) is 42.5 Å². The molecule has 0 fully saturated rings. The molecule has 22 heavy (non-hydrogen) atoms. The molecule has 1 amide bonds. The minimum atomic E-state index is -3.43. The topological polar surface area (TPSA) is 75.3 Å². The zero-order chi connectivity index (χ0) is 16.3. The molecule has 5 nitrogen and oxygen atoms in total. The number of aryl methyl sites for hydroxylation is 1. The van der Waals surface area contributed by atoms with Crippen molar-refractivity contribution in [1.29, 1.82) is 0 Å². The average molecular weight is 322 g/mol. The predicted octanol–water partition coefficient (Wildman–Crippen LogP) is 2.76. The number of hydrogen-bond acceptors (Lipinski definition) is 3. The number of carbonyl (C=O) groups is 1. The van der Waals surface area contributed by atoms with Crippen molar-refractivity contribution < 1.29 is 17.6 Å². The fourth-order valence-corrected chi connectivity index (χ4v) is 2.43. The Labute approximate surface area is 128 Å². The fraction of sp³-hybridized carbons (Fsp3) is 0.133. The SMILES string of the molecule is Cc1ccc(C(=O)Nc2ccc(F)cc2)cc1NS(C)(=O)=O. The molecular weight excluding hydrogens is 307 g/mol. The summed E-state index contributed by atoms with van der Waals surface area (Å²) in [5.74, 6) is -0.809. The first-order valence-electron chi connectivity index (χ1n) is 6.40. The molecule has 0 heterocycles. The summed E-state index contributed by atoms with van der Waals surface area (Å²) in [5, 5.41) is 2.61. The molecule has 0 unspecified atom stereocenters. The van der Waals surface area contributed by atoms with Gasteiger partial charge in [0, 0.05) is 11.3 Å². The molecule has 116 valence electrons. The van der Waals surface area contributed by atoms with E-state index in [9.17, 15) is 17.6 Å². The third-order valence-electron chi connectivity index (χ3n) is 2.90. The second-order valence-electron chi connectivity index (χ2n) is 4.86. The first-order valence-corrected chi connectivity index (χ1v) is 8.29. The lowest BCUT2D eigenvalue weighted by Crippen LogP contribution is -2.14. The standard InChI is InChI=1S/C15H15FN2O3S/c1-10-3-4-11(9-14(10)18-22(2,20)21)15(19)17-13-7-5-12(16)6-8-13/h3-9,18H,1-2H3,(H,17,19). The summed E-state index contributed by atoms with van der Waals surface area (Å²) in [4.78, 5) is 12.1. The molecule has 2 aromatic rings. The van der Waals surface area contributed by atoms with Crippen molar-refractivity contribution in [3.05, 3.63) is 59.4 Å². The van der Waals surface area contributed by atoms with Crippen molar-refractivity contribution in [3.8, 4) is 0 Å². The van der Waals surface area contributed by atoms with E-state index in [2.05, 4.69) is 10.0 Å². The Morgan fingerprint density at radius 3 is 2.32 bits per heavy atom. The quantitative estimate of drug-likeness (QED) is 0.909. The molecular formula is C15H15FN2O3S. The van der Waals surface area contributed by atoms with Gasteiger partial charge < -0.3 is 5.32 Å². The molecule has 0 bridgehead atoms. The number of hydrogen-bond donors (Lipinski definition) is 2. The second-order valence-corrected chi connectivity index (χ2v) is 6.61. The second kappa shape index (κ2) is 6.15. The molecule has 0 radical (unpaired) electrons. The first-order chi connectivity index (χ1) is 10.2. The van der Waals surface area contributed by atoms with E-state index in [-0.39, 0.29) is 0 Å². The largest absolute Gasteiger partial charge is 0.322 e. The summed E-state index contributed by atoms with van der Waals surface area (Å²) < 4.78 is 37.8. The van der Waals surface area contributed by atoms with Crippen LogP contribution in [0.5, 0.6) is 0 Å². The van der Waals surface area contributed by atoms with E-state index in [1.807, 2.05) is 0 Å². The number of rotatable bonds is 4. The Kier molecular flexibility index (Phi) is 4.46. The molecule has 2 rings (SSSR count). The molecule has 0 saturated heterocycles. The van der Waals surface area contributed by atoms with Gasteiger partial charge in [-0.2, -0.15) is 0 Å².